The van der Waals surface area contributed by atoms with E-state index in [-0.39, 0.29) is 29.1 Å². The Hall–Kier alpha value is -2.26. The van der Waals surface area contributed by atoms with Crippen LogP contribution < -0.4 is 10.6 Å². The van der Waals surface area contributed by atoms with Crippen LogP contribution in [0, 0.1) is 11.3 Å². The van der Waals surface area contributed by atoms with Crippen molar-refractivity contribution in [2.75, 3.05) is 10.6 Å². The zero-order chi connectivity index (χ0) is 24.6. The molecule has 0 saturated carbocycles. The van der Waals surface area contributed by atoms with Gasteiger partial charge in [-0.3, -0.25) is 9.59 Å². The summed E-state index contributed by atoms with van der Waals surface area (Å²) in [7, 11) is 0. The highest BCUT2D eigenvalue weighted by atomic mass is 79.9. The SMILES string of the molecule is O.O=C(C[C@@H]1C=C[C@@]2(C(=O)Nc3ccc(Br)cc3)Cc3ccc(Br)cc3[C@H]2C1)Nc1ccc(Br)cc1. The lowest BCUT2D eigenvalue weighted by molar-refractivity contribution is -0.124. The fourth-order valence-electron chi connectivity index (χ4n) is 5.20. The minimum absolute atomic E-state index is 0. The molecule has 3 aromatic carbocycles. The number of carbonyl (C=O) groups is 2. The molecule has 0 bridgehead atoms. The zero-order valence-electron chi connectivity index (χ0n) is 19.2. The third kappa shape index (κ3) is 5.52. The predicted molar refractivity (Wildman–Crippen MR) is 154 cm³/mol. The van der Waals surface area contributed by atoms with E-state index in [9.17, 15) is 9.59 Å². The molecule has 0 aliphatic heterocycles. The lowest BCUT2D eigenvalue weighted by atomic mass is 9.67. The number of anilines is 2. The second-order valence-electron chi connectivity index (χ2n) is 9.19. The number of hydrogen-bond acceptors (Lipinski definition) is 2. The van der Waals surface area contributed by atoms with Crippen molar-refractivity contribution in [2.45, 2.75) is 25.2 Å². The normalized spacial score (nSPS) is 21.6. The summed E-state index contributed by atoms with van der Waals surface area (Å²) in [6.07, 6.45) is 5.88. The molecule has 8 heteroatoms. The van der Waals surface area contributed by atoms with Gasteiger partial charge in [-0.05, 0) is 90.6 Å². The summed E-state index contributed by atoms with van der Waals surface area (Å²) in [5.41, 5.74) is 3.25. The van der Waals surface area contributed by atoms with Crippen LogP contribution in [0.4, 0.5) is 11.4 Å². The molecule has 0 radical (unpaired) electrons. The van der Waals surface area contributed by atoms with Crippen molar-refractivity contribution in [3.05, 3.63) is 103 Å². The Morgan fingerprint density at radius 2 is 1.42 bits per heavy atom. The lowest BCUT2D eigenvalue weighted by Crippen LogP contribution is -2.41. The van der Waals surface area contributed by atoms with Crippen LogP contribution in [0.15, 0.2) is 92.3 Å². The maximum absolute atomic E-state index is 13.7. The number of hydrogen-bond donors (Lipinski definition) is 2. The minimum Gasteiger partial charge on any atom is -0.412 e. The van der Waals surface area contributed by atoms with Gasteiger partial charge in [-0.1, -0.05) is 66.0 Å². The molecular weight excluding hydrogens is 652 g/mol. The molecule has 0 aromatic heterocycles. The quantitative estimate of drug-likeness (QED) is 0.285. The van der Waals surface area contributed by atoms with Gasteiger partial charge in [0.2, 0.25) is 11.8 Å². The van der Waals surface area contributed by atoms with Crippen LogP contribution >= 0.6 is 47.8 Å². The summed E-state index contributed by atoms with van der Waals surface area (Å²) in [6, 6.07) is 21.5. The molecule has 0 unspecified atom stereocenters. The first-order valence-corrected chi connectivity index (χ1v) is 13.8. The van der Waals surface area contributed by atoms with Crippen LogP contribution in [-0.4, -0.2) is 17.3 Å². The largest absolute Gasteiger partial charge is 0.412 e. The number of allylic oxidation sites excluding steroid dienone is 1. The van der Waals surface area contributed by atoms with E-state index in [4.69, 9.17) is 0 Å². The van der Waals surface area contributed by atoms with Gasteiger partial charge < -0.3 is 16.1 Å². The van der Waals surface area contributed by atoms with Crippen molar-refractivity contribution in [3.8, 4) is 0 Å². The maximum Gasteiger partial charge on any atom is 0.235 e. The smallest absolute Gasteiger partial charge is 0.235 e. The Bertz CT molecular complexity index is 1310. The minimum atomic E-state index is -0.672. The summed E-state index contributed by atoms with van der Waals surface area (Å²) in [5, 5.41) is 6.13. The number of halogens is 3. The molecule has 4 N–H and O–H groups in total. The number of carbonyl (C=O) groups excluding carboxylic acids is 2. The van der Waals surface area contributed by atoms with Crippen LogP contribution in [0.5, 0.6) is 0 Å². The van der Waals surface area contributed by atoms with Crippen molar-refractivity contribution >= 4 is 71.0 Å². The highest BCUT2D eigenvalue weighted by molar-refractivity contribution is 9.11. The molecule has 186 valence electrons. The van der Waals surface area contributed by atoms with Gasteiger partial charge in [-0.15, -0.1) is 0 Å². The first-order valence-electron chi connectivity index (χ1n) is 11.4. The molecule has 3 aromatic rings. The average Bonchev–Trinajstić information content (AvgIpc) is 3.16. The van der Waals surface area contributed by atoms with Crippen molar-refractivity contribution in [3.63, 3.8) is 0 Å². The van der Waals surface area contributed by atoms with Crippen LogP contribution in [0.2, 0.25) is 0 Å². The lowest BCUT2D eigenvalue weighted by Gasteiger charge is -2.37. The van der Waals surface area contributed by atoms with Crippen molar-refractivity contribution in [1.29, 1.82) is 0 Å². The van der Waals surface area contributed by atoms with Gasteiger partial charge in [0.15, 0.2) is 0 Å². The molecule has 2 amide bonds. The van der Waals surface area contributed by atoms with Gasteiger partial charge >= 0.3 is 0 Å². The van der Waals surface area contributed by atoms with E-state index in [1.165, 1.54) is 11.1 Å². The Balaban J connectivity index is 0.00000304. The van der Waals surface area contributed by atoms with Gasteiger partial charge in [-0.2, -0.15) is 0 Å². The van der Waals surface area contributed by atoms with Gasteiger partial charge in [0.25, 0.3) is 0 Å². The molecular formula is C28H25Br3N2O3. The molecule has 36 heavy (non-hydrogen) atoms. The fourth-order valence-corrected chi connectivity index (χ4v) is 6.11. The topological polar surface area (TPSA) is 89.7 Å². The average molecular weight is 677 g/mol. The van der Waals surface area contributed by atoms with Crippen LogP contribution in [0.3, 0.4) is 0 Å². The summed E-state index contributed by atoms with van der Waals surface area (Å²) in [5.74, 6) is 0.0160. The van der Waals surface area contributed by atoms with Crippen LogP contribution in [-0.2, 0) is 16.0 Å². The Kier molecular flexibility index (Phi) is 8.19. The number of benzene rings is 3. The Morgan fingerprint density at radius 1 is 0.833 bits per heavy atom. The van der Waals surface area contributed by atoms with Gasteiger partial charge in [0.05, 0.1) is 5.41 Å². The third-order valence-corrected chi connectivity index (χ3v) is 8.44. The van der Waals surface area contributed by atoms with Crippen molar-refractivity contribution < 1.29 is 15.1 Å². The fraction of sp³-hybridized carbons (Fsp3) is 0.214. The molecule has 0 fully saturated rings. The highest BCUT2D eigenvalue weighted by Crippen LogP contribution is 2.55. The van der Waals surface area contributed by atoms with Crippen molar-refractivity contribution in [2.24, 2.45) is 11.3 Å². The van der Waals surface area contributed by atoms with E-state index in [2.05, 4.69) is 82.7 Å². The molecule has 2 aliphatic rings. The first kappa shape index (κ1) is 26.8. The third-order valence-electron chi connectivity index (χ3n) is 6.89. The number of fused-ring (bicyclic) bond motifs is 3. The molecule has 5 rings (SSSR count). The van der Waals surface area contributed by atoms with E-state index in [1.54, 1.807) is 0 Å². The molecule has 5 nitrogen and oxygen atoms in total. The molecule has 2 aliphatic carbocycles. The maximum atomic E-state index is 13.7. The molecule has 0 heterocycles. The number of nitrogens with one attached hydrogen (secondary N) is 2. The summed E-state index contributed by atoms with van der Waals surface area (Å²) < 4.78 is 2.93. The van der Waals surface area contributed by atoms with Gasteiger partial charge in [0.1, 0.15) is 0 Å². The van der Waals surface area contributed by atoms with Crippen LogP contribution in [0.1, 0.15) is 29.9 Å². The molecule has 3 atom stereocenters. The highest BCUT2D eigenvalue weighted by Gasteiger charge is 2.52. The van der Waals surface area contributed by atoms with Crippen molar-refractivity contribution in [1.82, 2.24) is 0 Å². The van der Waals surface area contributed by atoms with E-state index in [1.807, 2.05) is 54.6 Å². The van der Waals surface area contributed by atoms with E-state index >= 15 is 0 Å². The van der Waals surface area contributed by atoms with Crippen LogP contribution in [0.25, 0.3) is 0 Å². The second-order valence-corrected chi connectivity index (χ2v) is 11.9. The monoisotopic (exact) mass is 674 g/mol. The van der Waals surface area contributed by atoms with E-state index < -0.39 is 5.41 Å². The number of rotatable bonds is 5. The van der Waals surface area contributed by atoms with Gasteiger partial charge in [-0.25, -0.2) is 0 Å². The first-order chi connectivity index (χ1) is 16.8. The summed E-state index contributed by atoms with van der Waals surface area (Å²) in [6.45, 7) is 0. The summed E-state index contributed by atoms with van der Waals surface area (Å²) in [4.78, 5) is 26.5. The number of amides is 2. The Labute approximate surface area is 235 Å². The molecule has 0 saturated heterocycles. The standard InChI is InChI=1S/C28H23Br3N2O2.H2O/c29-19-3-7-22(8-4-19)32-26(34)14-17-11-12-28(27(35)33-23-9-5-20(30)6-10-23)16-18-1-2-21(31)15-24(18)25(28)13-17;/h1-12,15,17,25H,13-14,16H2,(H,32,34)(H,33,35);1H2/t17-,25-,28-;/m1./s1. The molecule has 0 spiro atoms. The zero-order valence-corrected chi connectivity index (χ0v) is 24.0. The van der Waals surface area contributed by atoms with E-state index in [0.717, 1.165) is 31.2 Å². The Morgan fingerprint density at radius 3 is 2.06 bits per heavy atom. The summed E-state index contributed by atoms with van der Waals surface area (Å²) >= 11 is 10.5. The van der Waals surface area contributed by atoms with E-state index in [0.29, 0.717) is 12.8 Å². The van der Waals surface area contributed by atoms with Gasteiger partial charge in [0, 0.05) is 37.1 Å². The predicted octanol–water partition coefficient (Wildman–Crippen LogP) is 7.02. The second kappa shape index (κ2) is 11.0.